The van der Waals surface area contributed by atoms with Gasteiger partial charge in [-0.2, -0.15) is 0 Å². The maximum Gasteiger partial charge on any atom is 0.313 e. The number of pyridine rings is 1. The Morgan fingerprint density at radius 3 is 2.54 bits per heavy atom. The van der Waals surface area contributed by atoms with Crippen LogP contribution in [-0.4, -0.2) is 28.5 Å². The monoisotopic (exact) mass is 377 g/mol. The van der Waals surface area contributed by atoms with E-state index >= 15 is 0 Å². The molecule has 6 nitrogen and oxygen atoms in total. The summed E-state index contributed by atoms with van der Waals surface area (Å²) >= 11 is 0. The Balaban J connectivity index is 1.80. The molecular formula is C22H23N3O3. The number of benzene rings is 2. The fourth-order valence-electron chi connectivity index (χ4n) is 3.15. The van der Waals surface area contributed by atoms with E-state index in [-0.39, 0.29) is 6.61 Å². The van der Waals surface area contributed by atoms with Crippen molar-refractivity contribution in [2.45, 2.75) is 26.3 Å². The van der Waals surface area contributed by atoms with Gasteiger partial charge in [-0.05, 0) is 55.2 Å². The Bertz CT molecular complexity index is 1000. The molecule has 1 heterocycles. The van der Waals surface area contributed by atoms with E-state index in [0.29, 0.717) is 12.1 Å². The van der Waals surface area contributed by atoms with E-state index in [0.717, 1.165) is 27.6 Å². The van der Waals surface area contributed by atoms with Crippen molar-refractivity contribution < 1.29 is 14.7 Å². The number of fused-ring (bicyclic) bond motifs is 1. The first-order chi connectivity index (χ1) is 13.5. The molecule has 2 aromatic carbocycles. The zero-order valence-electron chi connectivity index (χ0n) is 15.9. The van der Waals surface area contributed by atoms with E-state index in [1.54, 1.807) is 12.3 Å². The molecule has 3 rings (SSSR count). The molecule has 0 aliphatic heterocycles. The third-order valence-electron chi connectivity index (χ3n) is 4.78. The van der Waals surface area contributed by atoms with Crippen LogP contribution in [0.2, 0.25) is 0 Å². The molecule has 0 saturated heterocycles. The Morgan fingerprint density at radius 1 is 1.07 bits per heavy atom. The molecule has 3 N–H and O–H groups in total. The van der Waals surface area contributed by atoms with Crippen molar-refractivity contribution in [2.24, 2.45) is 0 Å². The fourth-order valence-corrected chi connectivity index (χ4v) is 3.15. The van der Waals surface area contributed by atoms with Gasteiger partial charge in [-0.15, -0.1) is 0 Å². The van der Waals surface area contributed by atoms with Crippen molar-refractivity contribution in [3.05, 3.63) is 71.4 Å². The van der Waals surface area contributed by atoms with E-state index in [9.17, 15) is 14.7 Å². The van der Waals surface area contributed by atoms with Crippen molar-refractivity contribution in [3.63, 3.8) is 0 Å². The average Bonchev–Trinajstić information content (AvgIpc) is 2.72. The molecule has 0 aliphatic carbocycles. The van der Waals surface area contributed by atoms with Gasteiger partial charge in [0.15, 0.2) is 0 Å². The van der Waals surface area contributed by atoms with Crippen LogP contribution in [0.3, 0.4) is 0 Å². The second-order valence-corrected chi connectivity index (χ2v) is 6.67. The summed E-state index contributed by atoms with van der Waals surface area (Å²) in [6.07, 6.45) is 2.02. The first-order valence-electron chi connectivity index (χ1n) is 9.14. The smallest absolute Gasteiger partial charge is 0.313 e. The van der Waals surface area contributed by atoms with Gasteiger partial charge in [0.2, 0.25) is 0 Å². The van der Waals surface area contributed by atoms with Crippen LogP contribution in [0.5, 0.6) is 0 Å². The lowest BCUT2D eigenvalue weighted by Crippen LogP contribution is -2.38. The van der Waals surface area contributed by atoms with Crippen molar-refractivity contribution in [1.82, 2.24) is 10.3 Å². The number of anilines is 1. The molecule has 0 fully saturated rings. The summed E-state index contributed by atoms with van der Waals surface area (Å²) in [5.41, 5.74) is 4.18. The Labute approximate surface area is 163 Å². The van der Waals surface area contributed by atoms with E-state index < -0.39 is 17.9 Å². The van der Waals surface area contributed by atoms with Crippen LogP contribution in [0.1, 0.15) is 29.2 Å². The molecule has 1 aromatic heterocycles. The van der Waals surface area contributed by atoms with Crippen LogP contribution in [0.25, 0.3) is 10.9 Å². The lowest BCUT2D eigenvalue weighted by Gasteiger charge is -2.18. The third kappa shape index (κ3) is 4.18. The van der Waals surface area contributed by atoms with Gasteiger partial charge in [0.25, 0.3) is 0 Å². The average molecular weight is 377 g/mol. The SMILES string of the molecule is Cc1cc(NC(=O)C(=O)NC(CCO)c2ccccc2)c2cccnc2c1C. The van der Waals surface area contributed by atoms with Crippen molar-refractivity contribution in [1.29, 1.82) is 0 Å². The highest BCUT2D eigenvalue weighted by Gasteiger charge is 2.21. The van der Waals surface area contributed by atoms with Gasteiger partial charge >= 0.3 is 11.8 Å². The number of hydrogen-bond acceptors (Lipinski definition) is 4. The molecular weight excluding hydrogens is 354 g/mol. The molecule has 0 radical (unpaired) electrons. The maximum atomic E-state index is 12.5. The summed E-state index contributed by atoms with van der Waals surface area (Å²) < 4.78 is 0. The van der Waals surface area contributed by atoms with E-state index in [2.05, 4.69) is 15.6 Å². The molecule has 0 aliphatic rings. The van der Waals surface area contributed by atoms with Crippen molar-refractivity contribution in [2.75, 3.05) is 11.9 Å². The van der Waals surface area contributed by atoms with Gasteiger partial charge in [-0.25, -0.2) is 0 Å². The Morgan fingerprint density at radius 2 is 1.82 bits per heavy atom. The predicted octanol–water partition coefficient (Wildman–Crippen LogP) is 3.03. The summed E-state index contributed by atoms with van der Waals surface area (Å²) in [6.45, 7) is 3.81. The minimum atomic E-state index is -0.757. The van der Waals surface area contributed by atoms with E-state index in [1.807, 2.05) is 56.3 Å². The van der Waals surface area contributed by atoms with Gasteiger partial charge in [-0.1, -0.05) is 30.3 Å². The Hall–Kier alpha value is -3.25. The first kappa shape index (κ1) is 19.5. The molecule has 3 aromatic rings. The van der Waals surface area contributed by atoms with Crippen molar-refractivity contribution >= 4 is 28.4 Å². The number of aryl methyl sites for hydroxylation is 2. The van der Waals surface area contributed by atoms with E-state index in [4.69, 9.17) is 0 Å². The highest BCUT2D eigenvalue weighted by atomic mass is 16.3. The predicted molar refractivity (Wildman–Crippen MR) is 109 cm³/mol. The molecule has 0 bridgehead atoms. The summed E-state index contributed by atoms with van der Waals surface area (Å²) in [7, 11) is 0. The largest absolute Gasteiger partial charge is 0.396 e. The second-order valence-electron chi connectivity index (χ2n) is 6.67. The third-order valence-corrected chi connectivity index (χ3v) is 4.78. The number of amides is 2. The lowest BCUT2D eigenvalue weighted by atomic mass is 10.0. The summed E-state index contributed by atoms with van der Waals surface area (Å²) in [5.74, 6) is -1.51. The van der Waals surface area contributed by atoms with Crippen molar-refractivity contribution in [3.8, 4) is 0 Å². The number of nitrogens with one attached hydrogen (secondary N) is 2. The van der Waals surface area contributed by atoms with Gasteiger partial charge < -0.3 is 15.7 Å². The molecule has 28 heavy (non-hydrogen) atoms. The van der Waals surface area contributed by atoms with Gasteiger partial charge in [0.05, 0.1) is 17.2 Å². The normalized spacial score (nSPS) is 11.8. The van der Waals surface area contributed by atoms with Crippen LogP contribution >= 0.6 is 0 Å². The van der Waals surface area contributed by atoms with Crippen LogP contribution in [-0.2, 0) is 9.59 Å². The first-order valence-corrected chi connectivity index (χ1v) is 9.14. The van der Waals surface area contributed by atoms with Crippen LogP contribution < -0.4 is 10.6 Å². The topological polar surface area (TPSA) is 91.3 Å². The highest BCUT2D eigenvalue weighted by Crippen LogP contribution is 2.27. The summed E-state index contributed by atoms with van der Waals surface area (Å²) in [4.78, 5) is 29.4. The number of carbonyl (C=O) groups is 2. The van der Waals surface area contributed by atoms with Gasteiger partial charge in [0.1, 0.15) is 0 Å². The van der Waals surface area contributed by atoms with Crippen LogP contribution in [0.15, 0.2) is 54.7 Å². The number of aliphatic hydroxyl groups excluding tert-OH is 1. The summed E-state index contributed by atoms with van der Waals surface area (Å²) in [6, 6.07) is 14.3. The molecule has 2 amide bonds. The maximum absolute atomic E-state index is 12.5. The van der Waals surface area contributed by atoms with Gasteiger partial charge in [-0.3, -0.25) is 14.6 Å². The molecule has 1 atom stereocenters. The number of aromatic nitrogens is 1. The standard InChI is InChI=1S/C22H23N3O3/c1-14-13-19(17-9-6-11-23-20(17)15(14)2)25-22(28)21(27)24-18(10-12-26)16-7-4-3-5-8-16/h3-9,11,13,18,26H,10,12H2,1-2H3,(H,24,27)(H,25,28). The Kier molecular flexibility index (Phi) is 6.01. The van der Waals surface area contributed by atoms with E-state index in [1.165, 1.54) is 0 Å². The number of aliphatic hydroxyl groups is 1. The van der Waals surface area contributed by atoms with Gasteiger partial charge in [0, 0.05) is 18.2 Å². The molecule has 144 valence electrons. The number of carbonyl (C=O) groups excluding carboxylic acids is 2. The zero-order valence-corrected chi connectivity index (χ0v) is 15.9. The minimum absolute atomic E-state index is 0.102. The van der Waals surface area contributed by atoms with Crippen LogP contribution in [0, 0.1) is 13.8 Å². The number of nitrogens with zero attached hydrogens (tertiary/aromatic N) is 1. The quantitative estimate of drug-likeness (QED) is 0.596. The summed E-state index contributed by atoms with van der Waals surface area (Å²) in [5, 5.41) is 15.5. The fraction of sp³-hybridized carbons (Fsp3) is 0.227. The minimum Gasteiger partial charge on any atom is -0.396 e. The molecule has 0 spiro atoms. The zero-order chi connectivity index (χ0) is 20.1. The van der Waals surface area contributed by atoms with Crippen LogP contribution in [0.4, 0.5) is 5.69 Å². The molecule has 0 saturated carbocycles. The number of rotatable bonds is 5. The molecule has 1 unspecified atom stereocenters. The highest BCUT2D eigenvalue weighted by molar-refractivity contribution is 6.40. The second kappa shape index (κ2) is 8.63. The molecule has 6 heteroatoms. The number of hydrogen-bond donors (Lipinski definition) is 3. The lowest BCUT2D eigenvalue weighted by molar-refractivity contribution is -0.136.